The quantitative estimate of drug-likeness (QED) is 0.740. The summed E-state index contributed by atoms with van der Waals surface area (Å²) in [5.74, 6) is 0.746. The third kappa shape index (κ3) is 2.63. The van der Waals surface area contributed by atoms with Crippen LogP contribution >= 0.6 is 27.3 Å². The first-order chi connectivity index (χ1) is 7.18. The fourth-order valence-electron chi connectivity index (χ4n) is 2.16. The van der Waals surface area contributed by atoms with Gasteiger partial charge in [-0.3, -0.25) is 0 Å². The summed E-state index contributed by atoms with van der Waals surface area (Å²) in [7, 11) is 0. The Labute approximate surface area is 104 Å². The smallest absolute Gasteiger partial charge is 0.0521 e. The maximum absolute atomic E-state index is 5.40. The maximum atomic E-state index is 5.40. The van der Waals surface area contributed by atoms with Crippen molar-refractivity contribution in [2.24, 2.45) is 5.92 Å². The van der Waals surface area contributed by atoms with E-state index in [2.05, 4.69) is 35.8 Å². The van der Waals surface area contributed by atoms with Gasteiger partial charge < -0.3 is 4.74 Å². The number of alkyl halides is 1. The fourth-order valence-corrected chi connectivity index (χ4v) is 4.43. The first-order valence-corrected chi connectivity index (χ1v) is 7.20. The van der Waals surface area contributed by atoms with Crippen molar-refractivity contribution in [1.29, 1.82) is 0 Å². The molecule has 0 saturated carbocycles. The van der Waals surface area contributed by atoms with Gasteiger partial charge in [0.2, 0.25) is 0 Å². The average Bonchev–Trinajstić information content (AvgIpc) is 2.58. The molecular weight excluding hydrogens is 272 g/mol. The first-order valence-electron chi connectivity index (χ1n) is 5.47. The molecule has 1 aromatic heterocycles. The number of aryl methyl sites for hydroxylation is 2. The Bertz CT molecular complexity index is 328. The molecule has 0 radical (unpaired) electrons. The first kappa shape index (κ1) is 11.6. The van der Waals surface area contributed by atoms with Crippen LogP contribution in [0.2, 0.25) is 0 Å². The number of hydrogen-bond acceptors (Lipinski definition) is 2. The minimum atomic E-state index is 0.528. The zero-order valence-electron chi connectivity index (χ0n) is 9.25. The Morgan fingerprint density at radius 2 is 2.07 bits per heavy atom. The summed E-state index contributed by atoms with van der Waals surface area (Å²) in [4.78, 5) is 3.46. The van der Waals surface area contributed by atoms with Crippen LogP contribution in [0.5, 0.6) is 0 Å². The lowest BCUT2D eigenvalue weighted by Crippen LogP contribution is -2.19. The largest absolute Gasteiger partial charge is 0.381 e. The van der Waals surface area contributed by atoms with E-state index in [4.69, 9.17) is 4.74 Å². The molecule has 1 fully saturated rings. The van der Waals surface area contributed by atoms with Crippen LogP contribution in [0.1, 0.15) is 33.0 Å². The Morgan fingerprint density at radius 1 is 1.40 bits per heavy atom. The van der Waals surface area contributed by atoms with Crippen LogP contribution in [0, 0.1) is 19.8 Å². The Hall–Kier alpha value is 0.140. The highest BCUT2D eigenvalue weighted by Gasteiger charge is 2.25. The number of rotatable bonds is 2. The second-order valence-corrected chi connectivity index (χ2v) is 6.53. The zero-order valence-corrected chi connectivity index (χ0v) is 11.7. The number of thiophene rings is 1. The molecule has 2 rings (SSSR count). The second-order valence-electron chi connectivity index (χ2n) is 4.26. The molecule has 15 heavy (non-hydrogen) atoms. The Balaban J connectivity index is 2.12. The van der Waals surface area contributed by atoms with Gasteiger partial charge in [-0.25, -0.2) is 0 Å². The van der Waals surface area contributed by atoms with Gasteiger partial charge in [0.25, 0.3) is 0 Å². The molecule has 0 aliphatic carbocycles. The maximum Gasteiger partial charge on any atom is 0.0521 e. The molecule has 1 aliphatic rings. The van der Waals surface area contributed by atoms with Crippen molar-refractivity contribution >= 4 is 27.3 Å². The molecule has 3 heteroatoms. The minimum Gasteiger partial charge on any atom is -0.381 e. The molecule has 0 aromatic carbocycles. The van der Waals surface area contributed by atoms with E-state index in [-0.39, 0.29) is 0 Å². The van der Waals surface area contributed by atoms with E-state index in [1.54, 1.807) is 0 Å². The molecule has 0 spiro atoms. The summed E-state index contributed by atoms with van der Waals surface area (Å²) in [6.07, 6.45) is 2.37. The SMILES string of the molecule is Cc1cc(C)c(C(Br)C2CCOCC2)s1. The summed E-state index contributed by atoms with van der Waals surface area (Å²) in [6.45, 7) is 6.25. The van der Waals surface area contributed by atoms with Gasteiger partial charge in [-0.15, -0.1) is 11.3 Å². The van der Waals surface area contributed by atoms with E-state index in [1.807, 2.05) is 11.3 Å². The van der Waals surface area contributed by atoms with Crippen molar-refractivity contribution in [2.75, 3.05) is 13.2 Å². The summed E-state index contributed by atoms with van der Waals surface area (Å²) < 4.78 is 5.40. The van der Waals surface area contributed by atoms with E-state index >= 15 is 0 Å². The van der Waals surface area contributed by atoms with Gasteiger partial charge in [-0.05, 0) is 44.2 Å². The summed E-state index contributed by atoms with van der Waals surface area (Å²) in [6, 6.07) is 2.29. The molecule has 1 saturated heterocycles. The summed E-state index contributed by atoms with van der Waals surface area (Å²) in [5, 5.41) is 0. The lowest BCUT2D eigenvalue weighted by atomic mass is 9.95. The standard InChI is InChI=1S/C12H17BrOS/c1-8-7-9(2)15-12(8)11(13)10-3-5-14-6-4-10/h7,10-11H,3-6H2,1-2H3. The van der Waals surface area contributed by atoms with Crippen molar-refractivity contribution in [3.8, 4) is 0 Å². The van der Waals surface area contributed by atoms with Crippen LogP contribution < -0.4 is 0 Å². The third-order valence-electron chi connectivity index (χ3n) is 3.01. The van der Waals surface area contributed by atoms with Crippen LogP contribution in [0.15, 0.2) is 6.07 Å². The van der Waals surface area contributed by atoms with E-state index in [0.717, 1.165) is 19.1 Å². The zero-order chi connectivity index (χ0) is 10.8. The van der Waals surface area contributed by atoms with Crippen LogP contribution in [0.4, 0.5) is 0 Å². The molecule has 1 aliphatic heterocycles. The molecule has 1 aromatic rings. The van der Waals surface area contributed by atoms with E-state index in [1.165, 1.54) is 28.2 Å². The number of hydrogen-bond donors (Lipinski definition) is 0. The van der Waals surface area contributed by atoms with Crippen molar-refractivity contribution in [3.05, 3.63) is 21.4 Å². The highest BCUT2D eigenvalue weighted by Crippen LogP contribution is 2.41. The van der Waals surface area contributed by atoms with Crippen molar-refractivity contribution in [2.45, 2.75) is 31.5 Å². The average molecular weight is 289 g/mol. The second kappa shape index (κ2) is 4.98. The van der Waals surface area contributed by atoms with Gasteiger partial charge in [0.05, 0.1) is 4.83 Å². The molecular formula is C12H17BrOS. The predicted octanol–water partition coefficient (Wildman–Crippen LogP) is 4.23. The fraction of sp³-hybridized carbons (Fsp3) is 0.667. The van der Waals surface area contributed by atoms with Crippen LogP contribution in [-0.2, 0) is 4.74 Å². The minimum absolute atomic E-state index is 0.528. The van der Waals surface area contributed by atoms with E-state index in [9.17, 15) is 0 Å². The summed E-state index contributed by atoms with van der Waals surface area (Å²) >= 11 is 5.79. The molecule has 1 atom stereocenters. The van der Waals surface area contributed by atoms with Gasteiger partial charge in [0.15, 0.2) is 0 Å². The molecule has 0 N–H and O–H groups in total. The van der Waals surface area contributed by atoms with Gasteiger partial charge >= 0.3 is 0 Å². The lowest BCUT2D eigenvalue weighted by molar-refractivity contribution is 0.0664. The van der Waals surface area contributed by atoms with Crippen molar-refractivity contribution in [3.63, 3.8) is 0 Å². The Kier molecular flexibility index (Phi) is 3.86. The van der Waals surface area contributed by atoms with Crippen molar-refractivity contribution in [1.82, 2.24) is 0 Å². The summed E-state index contributed by atoms with van der Waals surface area (Å²) in [5.41, 5.74) is 1.44. The van der Waals surface area contributed by atoms with Gasteiger partial charge in [0.1, 0.15) is 0 Å². The highest BCUT2D eigenvalue weighted by molar-refractivity contribution is 9.09. The van der Waals surface area contributed by atoms with Crippen LogP contribution in [0.25, 0.3) is 0 Å². The molecule has 84 valence electrons. The normalized spacial score (nSPS) is 20.5. The molecule has 1 unspecified atom stereocenters. The van der Waals surface area contributed by atoms with Gasteiger partial charge in [0, 0.05) is 23.0 Å². The van der Waals surface area contributed by atoms with Crippen LogP contribution in [0.3, 0.4) is 0 Å². The molecule has 2 heterocycles. The predicted molar refractivity (Wildman–Crippen MR) is 69.0 cm³/mol. The monoisotopic (exact) mass is 288 g/mol. The highest BCUT2D eigenvalue weighted by atomic mass is 79.9. The number of halogens is 1. The van der Waals surface area contributed by atoms with Crippen LogP contribution in [-0.4, -0.2) is 13.2 Å². The van der Waals surface area contributed by atoms with E-state index in [0.29, 0.717) is 4.83 Å². The lowest BCUT2D eigenvalue weighted by Gasteiger charge is -2.26. The molecule has 0 amide bonds. The van der Waals surface area contributed by atoms with Gasteiger partial charge in [-0.2, -0.15) is 0 Å². The number of ether oxygens (including phenoxy) is 1. The van der Waals surface area contributed by atoms with E-state index < -0.39 is 0 Å². The topological polar surface area (TPSA) is 9.23 Å². The third-order valence-corrected chi connectivity index (χ3v) is 5.75. The molecule has 0 bridgehead atoms. The molecule has 1 nitrogen and oxygen atoms in total. The Morgan fingerprint density at radius 3 is 2.60 bits per heavy atom. The van der Waals surface area contributed by atoms with Gasteiger partial charge in [-0.1, -0.05) is 15.9 Å². The van der Waals surface area contributed by atoms with Crippen molar-refractivity contribution < 1.29 is 4.74 Å².